The van der Waals surface area contributed by atoms with Crippen LogP contribution in [0, 0.1) is 10.1 Å². The molecule has 0 N–H and O–H groups in total. The van der Waals surface area contributed by atoms with E-state index in [1.54, 1.807) is 0 Å². The van der Waals surface area contributed by atoms with E-state index >= 15 is 0 Å². The van der Waals surface area contributed by atoms with E-state index in [1.165, 1.54) is 36.0 Å². The summed E-state index contributed by atoms with van der Waals surface area (Å²) < 4.78 is 6.27. The average Bonchev–Trinajstić information content (AvgIpc) is 2.87. The number of anilines is 1. The van der Waals surface area contributed by atoms with Crippen LogP contribution >= 0.6 is 24.0 Å². The highest BCUT2D eigenvalue weighted by atomic mass is 32.2. The number of hydrogen-bond acceptors (Lipinski definition) is 7. The molecule has 2 fully saturated rings. The molecule has 0 aromatic heterocycles. The zero-order valence-electron chi connectivity index (χ0n) is 14.9. The van der Waals surface area contributed by atoms with E-state index < -0.39 is 10.2 Å². The molecule has 0 radical (unpaired) electrons. The standard InChI is InChI=1S/C17H19N3O5S2/c1-10-8-18(9-11(2)25-10)17(26)27-14-7-15(21)19(16(14)22)12-3-5-13(6-4-12)20(23)24/h3-6,10-11,14H,7-9H2,1-2H3/t10-,11+,14-/m1/s1. The Hall–Kier alpha value is -2.04. The first-order valence-corrected chi connectivity index (χ1v) is 9.77. The molecule has 10 heteroatoms. The first-order valence-electron chi connectivity index (χ1n) is 8.48. The normalized spacial score (nSPS) is 25.8. The van der Waals surface area contributed by atoms with Gasteiger partial charge in [0.05, 0.1) is 22.8 Å². The number of nitro groups is 1. The van der Waals surface area contributed by atoms with Crippen molar-refractivity contribution in [3.8, 4) is 0 Å². The molecular formula is C17H19N3O5S2. The summed E-state index contributed by atoms with van der Waals surface area (Å²) in [7, 11) is 0. The number of rotatable bonds is 3. The molecule has 0 spiro atoms. The maximum atomic E-state index is 12.7. The van der Waals surface area contributed by atoms with E-state index in [4.69, 9.17) is 17.0 Å². The van der Waals surface area contributed by atoms with Crippen molar-refractivity contribution in [2.75, 3.05) is 18.0 Å². The minimum absolute atomic E-state index is 0.0461. The quantitative estimate of drug-likeness (QED) is 0.325. The molecule has 3 rings (SSSR count). The number of thioether (sulfide) groups is 1. The molecule has 2 saturated heterocycles. The van der Waals surface area contributed by atoms with Crippen molar-refractivity contribution in [2.24, 2.45) is 0 Å². The molecule has 144 valence electrons. The van der Waals surface area contributed by atoms with Gasteiger partial charge in [0.1, 0.15) is 9.57 Å². The maximum absolute atomic E-state index is 12.7. The van der Waals surface area contributed by atoms with Crippen LogP contribution in [0.15, 0.2) is 24.3 Å². The summed E-state index contributed by atoms with van der Waals surface area (Å²) in [5.41, 5.74) is 0.235. The number of imide groups is 1. The lowest BCUT2D eigenvalue weighted by Crippen LogP contribution is -2.47. The second-order valence-electron chi connectivity index (χ2n) is 6.58. The summed E-state index contributed by atoms with van der Waals surface area (Å²) in [4.78, 5) is 38.4. The van der Waals surface area contributed by atoms with Crippen molar-refractivity contribution in [1.29, 1.82) is 0 Å². The van der Waals surface area contributed by atoms with Crippen molar-refractivity contribution < 1.29 is 19.2 Å². The number of non-ortho nitro benzene ring substituents is 1. The van der Waals surface area contributed by atoms with Gasteiger partial charge in [-0.15, -0.1) is 0 Å². The highest BCUT2D eigenvalue weighted by Gasteiger charge is 2.41. The zero-order chi connectivity index (χ0) is 19.7. The van der Waals surface area contributed by atoms with E-state index in [-0.39, 0.29) is 36.1 Å². The van der Waals surface area contributed by atoms with Crippen LogP contribution in [0.1, 0.15) is 20.3 Å². The summed E-state index contributed by atoms with van der Waals surface area (Å²) in [6.45, 7) is 5.24. The molecule has 0 unspecified atom stereocenters. The number of carbonyl (C=O) groups is 2. The van der Waals surface area contributed by atoms with Crippen molar-refractivity contribution >= 4 is 51.5 Å². The van der Waals surface area contributed by atoms with E-state index in [1.807, 2.05) is 18.7 Å². The molecule has 2 aliphatic rings. The second-order valence-corrected chi connectivity index (χ2v) is 8.42. The first-order chi connectivity index (χ1) is 12.8. The van der Waals surface area contributed by atoms with Crippen LogP contribution in [0.4, 0.5) is 11.4 Å². The fourth-order valence-corrected chi connectivity index (χ4v) is 4.69. The number of nitrogens with zero attached hydrogens (tertiary/aromatic N) is 3. The van der Waals surface area contributed by atoms with Crippen LogP contribution in [-0.4, -0.2) is 56.5 Å². The Labute approximate surface area is 166 Å². The lowest BCUT2D eigenvalue weighted by Gasteiger charge is -2.36. The summed E-state index contributed by atoms with van der Waals surface area (Å²) in [6, 6.07) is 5.37. The van der Waals surface area contributed by atoms with E-state index in [2.05, 4.69) is 0 Å². The number of nitro benzene ring substituents is 1. The van der Waals surface area contributed by atoms with Gasteiger partial charge in [-0.25, -0.2) is 4.90 Å². The molecule has 3 atom stereocenters. The lowest BCUT2D eigenvalue weighted by atomic mass is 10.2. The smallest absolute Gasteiger partial charge is 0.269 e. The van der Waals surface area contributed by atoms with Gasteiger partial charge in [-0.3, -0.25) is 19.7 Å². The Kier molecular flexibility index (Phi) is 5.78. The Morgan fingerprint density at radius 1 is 1.22 bits per heavy atom. The third kappa shape index (κ3) is 4.28. The van der Waals surface area contributed by atoms with E-state index in [0.29, 0.717) is 23.1 Å². The van der Waals surface area contributed by atoms with E-state index in [9.17, 15) is 19.7 Å². The number of morpholine rings is 1. The van der Waals surface area contributed by atoms with Gasteiger partial charge in [-0.2, -0.15) is 0 Å². The van der Waals surface area contributed by atoms with Gasteiger partial charge >= 0.3 is 0 Å². The summed E-state index contributed by atoms with van der Waals surface area (Å²) in [5.74, 6) is -0.687. The topological polar surface area (TPSA) is 93.0 Å². The molecule has 0 aliphatic carbocycles. The fourth-order valence-electron chi connectivity index (χ4n) is 3.21. The monoisotopic (exact) mass is 409 g/mol. The van der Waals surface area contributed by atoms with Crippen LogP contribution in [-0.2, 0) is 14.3 Å². The van der Waals surface area contributed by atoms with Crippen molar-refractivity contribution in [3.05, 3.63) is 34.4 Å². The molecule has 2 aliphatic heterocycles. The van der Waals surface area contributed by atoms with Gasteiger partial charge in [0.2, 0.25) is 11.8 Å². The Morgan fingerprint density at radius 3 is 2.37 bits per heavy atom. The SMILES string of the molecule is C[C@@H]1CN(C(=S)S[C@@H]2CC(=O)N(c3ccc([N+](=O)[O-])cc3)C2=O)C[C@H](C)O1. The number of amides is 2. The van der Waals surface area contributed by atoms with Crippen LogP contribution in [0.3, 0.4) is 0 Å². The molecule has 1 aromatic rings. The molecule has 2 heterocycles. The number of carbonyl (C=O) groups excluding carboxylic acids is 2. The summed E-state index contributed by atoms with van der Waals surface area (Å²) in [6.07, 6.45) is 0.144. The number of hydrogen-bond donors (Lipinski definition) is 0. The molecule has 2 amide bonds. The predicted molar refractivity (Wildman–Crippen MR) is 106 cm³/mol. The summed E-state index contributed by atoms with van der Waals surface area (Å²) >= 11 is 6.70. The van der Waals surface area contributed by atoms with Crippen molar-refractivity contribution in [1.82, 2.24) is 4.90 Å². The number of benzene rings is 1. The molecule has 8 nitrogen and oxygen atoms in total. The van der Waals surface area contributed by atoms with Crippen molar-refractivity contribution in [2.45, 2.75) is 37.7 Å². The highest BCUT2D eigenvalue weighted by molar-refractivity contribution is 8.23. The van der Waals surface area contributed by atoms with Crippen LogP contribution < -0.4 is 4.90 Å². The zero-order valence-corrected chi connectivity index (χ0v) is 16.5. The number of ether oxygens (including phenoxy) is 1. The van der Waals surface area contributed by atoms with Crippen LogP contribution in [0.2, 0.25) is 0 Å². The van der Waals surface area contributed by atoms with E-state index in [0.717, 1.165) is 4.90 Å². The van der Waals surface area contributed by atoms with Gasteiger partial charge in [-0.05, 0) is 26.0 Å². The molecule has 1 aromatic carbocycles. The Bertz CT molecular complexity index is 775. The third-order valence-electron chi connectivity index (χ3n) is 4.34. The first kappa shape index (κ1) is 19.7. The van der Waals surface area contributed by atoms with Crippen molar-refractivity contribution in [3.63, 3.8) is 0 Å². The molecule has 0 saturated carbocycles. The predicted octanol–water partition coefficient (Wildman–Crippen LogP) is 2.35. The van der Waals surface area contributed by atoms with Crippen LogP contribution in [0.25, 0.3) is 0 Å². The molecule has 0 bridgehead atoms. The second kappa shape index (κ2) is 7.91. The molecule has 27 heavy (non-hydrogen) atoms. The highest BCUT2D eigenvalue weighted by Crippen LogP contribution is 2.32. The number of thiocarbonyl (C=S) groups is 1. The van der Waals surface area contributed by atoms with Gasteiger partial charge in [0.25, 0.3) is 5.69 Å². The lowest BCUT2D eigenvalue weighted by molar-refractivity contribution is -0.384. The summed E-state index contributed by atoms with van der Waals surface area (Å²) in [5, 5.41) is 10.2. The third-order valence-corrected chi connectivity index (χ3v) is 6.00. The van der Waals surface area contributed by atoms with Gasteiger partial charge in [-0.1, -0.05) is 24.0 Å². The Balaban J connectivity index is 1.68. The van der Waals surface area contributed by atoms with Gasteiger partial charge in [0.15, 0.2) is 0 Å². The Morgan fingerprint density at radius 2 is 1.81 bits per heavy atom. The van der Waals surface area contributed by atoms with Gasteiger partial charge < -0.3 is 9.64 Å². The fraction of sp³-hybridized carbons (Fsp3) is 0.471. The molecular weight excluding hydrogens is 390 g/mol. The minimum atomic E-state index is -0.589. The van der Waals surface area contributed by atoms with Crippen LogP contribution in [0.5, 0.6) is 0 Å². The van der Waals surface area contributed by atoms with Gasteiger partial charge in [0, 0.05) is 31.6 Å². The minimum Gasteiger partial charge on any atom is -0.372 e. The maximum Gasteiger partial charge on any atom is 0.269 e. The largest absolute Gasteiger partial charge is 0.372 e. The average molecular weight is 409 g/mol.